The molecule has 1 N–H and O–H groups in total. The highest BCUT2D eigenvalue weighted by atomic mass is 19.1. The summed E-state index contributed by atoms with van der Waals surface area (Å²) in [5.74, 6) is -1.90. The number of amides is 1. The quantitative estimate of drug-likeness (QED) is 0.678. The number of carbonyl (C=O) groups is 1. The van der Waals surface area contributed by atoms with Crippen molar-refractivity contribution >= 4 is 17.3 Å². The van der Waals surface area contributed by atoms with Crippen LogP contribution in [0.25, 0.3) is 0 Å². The number of nitrogens with zero attached hydrogens (tertiary/aromatic N) is 1. The van der Waals surface area contributed by atoms with E-state index in [9.17, 15) is 18.0 Å². The first-order valence-electron chi connectivity index (χ1n) is 10.6. The third-order valence-corrected chi connectivity index (χ3v) is 6.19. The van der Waals surface area contributed by atoms with Gasteiger partial charge in [0.1, 0.15) is 17.5 Å². The fourth-order valence-corrected chi connectivity index (χ4v) is 4.08. The lowest BCUT2D eigenvalue weighted by molar-refractivity contribution is -0.117. The molecule has 2 fully saturated rings. The molecule has 1 aliphatic carbocycles. The molecule has 2 aromatic rings. The Morgan fingerprint density at radius 2 is 1.84 bits per heavy atom. The van der Waals surface area contributed by atoms with Crippen LogP contribution in [0.15, 0.2) is 30.3 Å². The molecule has 0 radical (unpaired) electrons. The van der Waals surface area contributed by atoms with Crippen molar-refractivity contribution in [2.45, 2.75) is 45.6 Å². The standard InChI is InChI=1S/C24H27F3N2O2/c1-15-9-19(13-20(27)23(15)28-22(30)14-24(2)4-5-24)29-6-3-21(31-8-7-29)16-10-17(25)12-18(26)11-16/h9-13,21H,3-8,14H2,1-2H3,(H,28,30)/t21-/m0/s1. The van der Waals surface area contributed by atoms with Crippen LogP contribution in [0.3, 0.4) is 0 Å². The summed E-state index contributed by atoms with van der Waals surface area (Å²) in [4.78, 5) is 14.3. The van der Waals surface area contributed by atoms with Gasteiger partial charge in [0.25, 0.3) is 0 Å². The highest BCUT2D eigenvalue weighted by Crippen LogP contribution is 2.48. The number of nitrogens with one attached hydrogen (secondary N) is 1. The minimum Gasteiger partial charge on any atom is -0.372 e. The van der Waals surface area contributed by atoms with Crippen molar-refractivity contribution in [1.82, 2.24) is 0 Å². The average molecular weight is 432 g/mol. The normalized spacial score (nSPS) is 20.3. The first kappa shape index (κ1) is 21.7. The molecule has 166 valence electrons. The van der Waals surface area contributed by atoms with Crippen LogP contribution in [0.4, 0.5) is 24.5 Å². The van der Waals surface area contributed by atoms with Gasteiger partial charge in [-0.15, -0.1) is 0 Å². The van der Waals surface area contributed by atoms with Gasteiger partial charge >= 0.3 is 0 Å². The van der Waals surface area contributed by atoms with Crippen LogP contribution >= 0.6 is 0 Å². The second-order valence-electron chi connectivity index (χ2n) is 8.99. The fourth-order valence-electron chi connectivity index (χ4n) is 4.08. The van der Waals surface area contributed by atoms with Gasteiger partial charge in [0, 0.05) is 31.3 Å². The summed E-state index contributed by atoms with van der Waals surface area (Å²) in [6, 6.07) is 6.67. The van der Waals surface area contributed by atoms with E-state index in [2.05, 4.69) is 12.2 Å². The van der Waals surface area contributed by atoms with Crippen molar-refractivity contribution in [2.75, 3.05) is 29.9 Å². The van der Waals surface area contributed by atoms with Gasteiger partial charge in [-0.1, -0.05) is 6.92 Å². The third kappa shape index (κ3) is 5.21. The number of anilines is 2. The number of aryl methyl sites for hydroxylation is 1. The predicted octanol–water partition coefficient (Wildman–Crippen LogP) is 5.51. The van der Waals surface area contributed by atoms with Crippen molar-refractivity contribution in [1.29, 1.82) is 0 Å². The molecule has 1 aliphatic heterocycles. The van der Waals surface area contributed by atoms with Gasteiger partial charge in [0.05, 0.1) is 18.4 Å². The Bertz CT molecular complexity index is 948. The summed E-state index contributed by atoms with van der Waals surface area (Å²) in [6.45, 7) is 5.25. The highest BCUT2D eigenvalue weighted by molar-refractivity contribution is 5.92. The van der Waals surface area contributed by atoms with Crippen molar-refractivity contribution in [3.05, 3.63) is 58.9 Å². The van der Waals surface area contributed by atoms with Crippen LogP contribution < -0.4 is 10.2 Å². The summed E-state index contributed by atoms with van der Waals surface area (Å²) < 4.78 is 47.8. The Kier molecular flexibility index (Phi) is 5.97. The van der Waals surface area contributed by atoms with E-state index in [-0.39, 0.29) is 17.0 Å². The van der Waals surface area contributed by atoms with E-state index in [4.69, 9.17) is 4.74 Å². The highest BCUT2D eigenvalue weighted by Gasteiger charge is 2.39. The lowest BCUT2D eigenvalue weighted by atomic mass is 10.0. The zero-order valence-corrected chi connectivity index (χ0v) is 17.8. The second-order valence-corrected chi connectivity index (χ2v) is 8.99. The minimum absolute atomic E-state index is 0.0571. The molecule has 2 aromatic carbocycles. The summed E-state index contributed by atoms with van der Waals surface area (Å²) in [6.07, 6.45) is 2.55. The van der Waals surface area contributed by atoms with Gasteiger partial charge in [-0.3, -0.25) is 4.79 Å². The van der Waals surface area contributed by atoms with Crippen LogP contribution in [0.1, 0.15) is 49.8 Å². The number of ether oxygens (including phenoxy) is 1. The SMILES string of the molecule is Cc1cc(N2CCO[C@H](c3cc(F)cc(F)c3)CC2)cc(F)c1NC(=O)CC1(C)CC1. The molecule has 1 atom stereocenters. The molecule has 0 aromatic heterocycles. The molecule has 0 bridgehead atoms. The monoisotopic (exact) mass is 432 g/mol. The maximum Gasteiger partial charge on any atom is 0.225 e. The molecular weight excluding hydrogens is 405 g/mol. The van der Waals surface area contributed by atoms with Crippen LogP contribution in [0, 0.1) is 29.8 Å². The number of rotatable bonds is 5. The molecule has 1 heterocycles. The maximum atomic E-state index is 14.9. The van der Waals surface area contributed by atoms with E-state index in [0.29, 0.717) is 49.4 Å². The van der Waals surface area contributed by atoms with E-state index in [1.165, 1.54) is 18.2 Å². The van der Waals surface area contributed by atoms with E-state index in [1.807, 2.05) is 11.0 Å². The Morgan fingerprint density at radius 3 is 2.48 bits per heavy atom. The lowest BCUT2D eigenvalue weighted by Gasteiger charge is -2.24. The van der Waals surface area contributed by atoms with Crippen molar-refractivity contribution < 1.29 is 22.7 Å². The topological polar surface area (TPSA) is 41.6 Å². The van der Waals surface area contributed by atoms with E-state index in [0.717, 1.165) is 18.9 Å². The smallest absolute Gasteiger partial charge is 0.225 e. The Labute approximate surface area is 180 Å². The third-order valence-electron chi connectivity index (χ3n) is 6.19. The zero-order chi connectivity index (χ0) is 22.2. The number of carbonyl (C=O) groups excluding carboxylic acids is 1. The summed E-state index contributed by atoms with van der Waals surface area (Å²) >= 11 is 0. The zero-order valence-electron chi connectivity index (χ0n) is 17.8. The molecule has 2 aliphatic rings. The predicted molar refractivity (Wildman–Crippen MR) is 114 cm³/mol. The van der Waals surface area contributed by atoms with Gasteiger partial charge < -0.3 is 15.0 Å². The number of halogens is 3. The van der Waals surface area contributed by atoms with Crippen LogP contribution in [0.5, 0.6) is 0 Å². The molecule has 0 unspecified atom stereocenters. The van der Waals surface area contributed by atoms with Crippen molar-refractivity contribution in [3.63, 3.8) is 0 Å². The van der Waals surface area contributed by atoms with Crippen LogP contribution in [0.2, 0.25) is 0 Å². The molecule has 7 heteroatoms. The second kappa shape index (κ2) is 8.54. The summed E-state index contributed by atoms with van der Waals surface area (Å²) in [5, 5.41) is 2.73. The largest absolute Gasteiger partial charge is 0.372 e. The van der Waals surface area contributed by atoms with Gasteiger partial charge in [-0.2, -0.15) is 0 Å². The molecule has 1 amide bonds. The lowest BCUT2D eigenvalue weighted by Crippen LogP contribution is -2.26. The number of benzene rings is 2. The van der Waals surface area contributed by atoms with E-state index < -0.39 is 23.6 Å². The maximum absolute atomic E-state index is 14.9. The minimum atomic E-state index is -0.634. The summed E-state index contributed by atoms with van der Waals surface area (Å²) in [5.41, 5.74) is 2.08. The molecular formula is C24H27F3N2O2. The first-order chi connectivity index (χ1) is 14.7. The van der Waals surface area contributed by atoms with Gasteiger partial charge in [-0.05, 0) is 67.0 Å². The van der Waals surface area contributed by atoms with Gasteiger partial charge in [0.2, 0.25) is 5.91 Å². The molecule has 0 spiro atoms. The van der Waals surface area contributed by atoms with Crippen molar-refractivity contribution in [3.8, 4) is 0 Å². The molecule has 31 heavy (non-hydrogen) atoms. The first-order valence-corrected chi connectivity index (χ1v) is 10.6. The van der Waals surface area contributed by atoms with E-state index >= 15 is 0 Å². The van der Waals surface area contributed by atoms with E-state index in [1.54, 1.807) is 6.92 Å². The Hall–Kier alpha value is -2.54. The van der Waals surface area contributed by atoms with Gasteiger partial charge in [0.15, 0.2) is 0 Å². The van der Waals surface area contributed by atoms with Crippen LogP contribution in [-0.2, 0) is 9.53 Å². The molecule has 1 saturated carbocycles. The Balaban J connectivity index is 1.45. The van der Waals surface area contributed by atoms with Gasteiger partial charge in [-0.25, -0.2) is 13.2 Å². The van der Waals surface area contributed by atoms with Crippen LogP contribution in [-0.4, -0.2) is 25.6 Å². The molecule has 1 saturated heterocycles. The van der Waals surface area contributed by atoms with Crippen molar-refractivity contribution in [2.24, 2.45) is 5.41 Å². The molecule has 4 rings (SSSR count). The Morgan fingerprint density at radius 1 is 1.13 bits per heavy atom. The molecule has 4 nitrogen and oxygen atoms in total. The summed E-state index contributed by atoms with van der Waals surface area (Å²) in [7, 11) is 0. The number of hydrogen-bond acceptors (Lipinski definition) is 3. The average Bonchev–Trinajstić information content (AvgIpc) is 3.45. The fraction of sp³-hybridized carbons (Fsp3) is 0.458. The number of hydrogen-bond donors (Lipinski definition) is 1.